The third-order valence-corrected chi connectivity index (χ3v) is 4.39. The second kappa shape index (κ2) is 5.06. The Balaban J connectivity index is 1.73. The predicted octanol–water partition coefficient (Wildman–Crippen LogP) is 2.51. The molecule has 3 heteroatoms. The first-order chi connectivity index (χ1) is 6.86. The zero-order valence-corrected chi connectivity index (χ0v) is 9.78. The summed E-state index contributed by atoms with van der Waals surface area (Å²) in [4.78, 5) is 4.48. The molecule has 0 amide bonds. The highest BCUT2D eigenvalue weighted by Crippen LogP contribution is 2.30. The fourth-order valence-electron chi connectivity index (χ4n) is 2.31. The fraction of sp³-hybridized carbons (Fsp3) is 0.909. The van der Waals surface area contributed by atoms with E-state index in [1.165, 1.54) is 36.6 Å². The third-order valence-electron chi connectivity index (χ3n) is 3.35. The first kappa shape index (κ1) is 10.3. The molecular formula is C11H20N2S. The maximum absolute atomic E-state index is 4.48. The molecule has 0 spiro atoms. The summed E-state index contributed by atoms with van der Waals surface area (Å²) < 4.78 is 0. The van der Waals surface area contributed by atoms with Crippen LogP contribution < -0.4 is 5.32 Å². The number of thioether (sulfide) groups is 1. The Labute approximate surface area is 90.9 Å². The first-order valence-corrected chi connectivity index (χ1v) is 6.76. The van der Waals surface area contributed by atoms with Gasteiger partial charge in [0.05, 0.1) is 0 Å². The molecule has 80 valence electrons. The van der Waals surface area contributed by atoms with Crippen molar-refractivity contribution in [3.8, 4) is 0 Å². The molecule has 1 N–H and O–H groups in total. The second-order valence-corrected chi connectivity index (χ2v) is 5.52. The minimum absolute atomic E-state index is 0.889. The van der Waals surface area contributed by atoms with Crippen molar-refractivity contribution in [3.63, 3.8) is 0 Å². The molecule has 2 unspecified atom stereocenters. The van der Waals surface area contributed by atoms with Gasteiger partial charge in [0.25, 0.3) is 0 Å². The lowest BCUT2D eigenvalue weighted by Crippen LogP contribution is -2.30. The lowest BCUT2D eigenvalue weighted by atomic mass is 9.98. The van der Waals surface area contributed by atoms with Gasteiger partial charge in [-0.05, 0) is 24.7 Å². The van der Waals surface area contributed by atoms with E-state index in [1.807, 2.05) is 11.8 Å². The van der Waals surface area contributed by atoms with Gasteiger partial charge in [-0.1, -0.05) is 31.5 Å². The second-order valence-electron chi connectivity index (χ2n) is 4.44. The van der Waals surface area contributed by atoms with Crippen molar-refractivity contribution in [2.75, 3.05) is 18.8 Å². The van der Waals surface area contributed by atoms with Crippen LogP contribution in [0.5, 0.6) is 0 Å². The van der Waals surface area contributed by atoms with E-state index in [-0.39, 0.29) is 0 Å². The van der Waals surface area contributed by atoms with Crippen molar-refractivity contribution in [1.29, 1.82) is 0 Å². The lowest BCUT2D eigenvalue weighted by molar-refractivity contribution is 0.416. The molecular weight excluding hydrogens is 192 g/mol. The van der Waals surface area contributed by atoms with Gasteiger partial charge in [0.15, 0.2) is 5.17 Å². The van der Waals surface area contributed by atoms with Crippen molar-refractivity contribution in [3.05, 3.63) is 0 Å². The number of aliphatic imine (C=N–C) groups is 1. The average molecular weight is 212 g/mol. The number of nitrogens with one attached hydrogen (secondary N) is 1. The Morgan fingerprint density at radius 3 is 3.00 bits per heavy atom. The summed E-state index contributed by atoms with van der Waals surface area (Å²) in [6, 6.07) is 0. The molecule has 0 saturated heterocycles. The SMILES string of the molecule is CC1CCCC1CNC1=NCCCS1. The van der Waals surface area contributed by atoms with Crippen molar-refractivity contribution in [2.45, 2.75) is 32.6 Å². The maximum atomic E-state index is 4.48. The largest absolute Gasteiger partial charge is 0.365 e. The molecule has 0 aromatic rings. The van der Waals surface area contributed by atoms with Gasteiger partial charge in [-0.2, -0.15) is 0 Å². The zero-order valence-electron chi connectivity index (χ0n) is 8.96. The van der Waals surface area contributed by atoms with Gasteiger partial charge in [-0.25, -0.2) is 0 Å². The van der Waals surface area contributed by atoms with Crippen LogP contribution in [0.3, 0.4) is 0 Å². The molecule has 0 aromatic carbocycles. The minimum atomic E-state index is 0.889. The van der Waals surface area contributed by atoms with Crippen LogP contribution in [0.25, 0.3) is 0 Å². The predicted molar refractivity (Wildman–Crippen MR) is 63.9 cm³/mol. The highest BCUT2D eigenvalue weighted by Gasteiger charge is 2.23. The van der Waals surface area contributed by atoms with Crippen molar-refractivity contribution in [1.82, 2.24) is 5.32 Å². The third kappa shape index (κ3) is 2.66. The van der Waals surface area contributed by atoms with Crippen LogP contribution >= 0.6 is 11.8 Å². The highest BCUT2D eigenvalue weighted by atomic mass is 32.2. The van der Waals surface area contributed by atoms with Crippen LogP contribution in [-0.4, -0.2) is 24.0 Å². The van der Waals surface area contributed by atoms with Gasteiger partial charge >= 0.3 is 0 Å². The number of amidine groups is 1. The topological polar surface area (TPSA) is 24.4 Å². The van der Waals surface area contributed by atoms with Crippen molar-refractivity contribution < 1.29 is 0 Å². The molecule has 1 saturated carbocycles. The standard InChI is InChI=1S/C11H20N2S/c1-9-4-2-5-10(9)8-13-11-12-6-3-7-14-11/h9-10H,2-8H2,1H3,(H,12,13). The van der Waals surface area contributed by atoms with Gasteiger partial charge < -0.3 is 5.32 Å². The van der Waals surface area contributed by atoms with E-state index >= 15 is 0 Å². The molecule has 1 aliphatic carbocycles. The van der Waals surface area contributed by atoms with Crippen LogP contribution in [0.15, 0.2) is 4.99 Å². The van der Waals surface area contributed by atoms with Gasteiger partial charge in [0.1, 0.15) is 0 Å². The van der Waals surface area contributed by atoms with Crippen LogP contribution in [0.2, 0.25) is 0 Å². The van der Waals surface area contributed by atoms with Gasteiger partial charge in [0, 0.05) is 18.8 Å². The van der Waals surface area contributed by atoms with Crippen LogP contribution in [0, 0.1) is 11.8 Å². The monoisotopic (exact) mass is 212 g/mol. The molecule has 1 heterocycles. The minimum Gasteiger partial charge on any atom is -0.365 e. The summed E-state index contributed by atoms with van der Waals surface area (Å²) in [5, 5.41) is 4.70. The van der Waals surface area contributed by atoms with Crippen molar-refractivity contribution in [2.24, 2.45) is 16.8 Å². The van der Waals surface area contributed by atoms with Gasteiger partial charge in [-0.3, -0.25) is 4.99 Å². The Morgan fingerprint density at radius 2 is 2.36 bits per heavy atom. The quantitative estimate of drug-likeness (QED) is 0.760. The van der Waals surface area contributed by atoms with E-state index in [4.69, 9.17) is 0 Å². The van der Waals surface area contributed by atoms with Crippen molar-refractivity contribution >= 4 is 16.9 Å². The number of hydrogen-bond donors (Lipinski definition) is 1. The summed E-state index contributed by atoms with van der Waals surface area (Å²) in [5.41, 5.74) is 0. The van der Waals surface area contributed by atoms with Gasteiger partial charge in [0.2, 0.25) is 0 Å². The molecule has 2 rings (SSSR count). The molecule has 0 radical (unpaired) electrons. The molecule has 1 aliphatic heterocycles. The van der Waals surface area contributed by atoms with Crippen LogP contribution in [0.1, 0.15) is 32.6 Å². The van der Waals surface area contributed by atoms with E-state index in [2.05, 4.69) is 17.2 Å². The molecule has 0 bridgehead atoms. The Morgan fingerprint density at radius 1 is 1.43 bits per heavy atom. The lowest BCUT2D eigenvalue weighted by Gasteiger charge is -2.19. The summed E-state index contributed by atoms with van der Waals surface area (Å²) in [6.07, 6.45) is 5.50. The number of rotatable bonds is 2. The highest BCUT2D eigenvalue weighted by molar-refractivity contribution is 8.13. The normalized spacial score (nSPS) is 32.8. The fourth-order valence-corrected chi connectivity index (χ4v) is 3.15. The number of nitrogens with zero attached hydrogens (tertiary/aromatic N) is 1. The maximum Gasteiger partial charge on any atom is 0.156 e. The van der Waals surface area contributed by atoms with E-state index in [9.17, 15) is 0 Å². The molecule has 0 aromatic heterocycles. The van der Waals surface area contributed by atoms with Crippen LogP contribution in [0.4, 0.5) is 0 Å². The molecule has 2 aliphatic rings. The van der Waals surface area contributed by atoms with E-state index in [0.29, 0.717) is 0 Å². The summed E-state index contributed by atoms with van der Waals surface area (Å²) in [5.74, 6) is 3.04. The van der Waals surface area contributed by atoms with E-state index < -0.39 is 0 Å². The van der Waals surface area contributed by atoms with Crippen LogP contribution in [-0.2, 0) is 0 Å². The smallest absolute Gasteiger partial charge is 0.156 e. The van der Waals surface area contributed by atoms with Gasteiger partial charge in [-0.15, -0.1) is 0 Å². The molecule has 2 nitrogen and oxygen atoms in total. The molecule has 1 fully saturated rings. The Kier molecular flexibility index (Phi) is 3.74. The summed E-state index contributed by atoms with van der Waals surface area (Å²) in [7, 11) is 0. The zero-order chi connectivity index (χ0) is 9.80. The average Bonchev–Trinajstić information content (AvgIpc) is 2.63. The van der Waals surface area contributed by atoms with E-state index in [1.54, 1.807) is 0 Å². The summed E-state index contributed by atoms with van der Waals surface area (Å²) in [6.45, 7) is 4.55. The van der Waals surface area contributed by atoms with E-state index in [0.717, 1.165) is 24.9 Å². The number of hydrogen-bond acceptors (Lipinski definition) is 3. The molecule has 14 heavy (non-hydrogen) atoms. The molecule has 2 atom stereocenters. The first-order valence-electron chi connectivity index (χ1n) is 5.77. The Bertz CT molecular complexity index is 215. The summed E-state index contributed by atoms with van der Waals surface area (Å²) >= 11 is 1.89. The Hall–Kier alpha value is -0.180.